The van der Waals surface area contributed by atoms with Gasteiger partial charge in [-0.25, -0.2) is 4.79 Å². The topological polar surface area (TPSA) is 55.8 Å². The Morgan fingerprint density at radius 3 is 2.27 bits per heavy atom. The molecule has 4 nitrogen and oxygen atoms in total. The third-order valence-electron chi connectivity index (χ3n) is 3.32. The number of carbonyl (C=O) groups is 1. The summed E-state index contributed by atoms with van der Waals surface area (Å²) in [6.45, 7) is 1.98. The Balaban J connectivity index is 2.57. The highest BCUT2D eigenvalue weighted by Crippen LogP contribution is 2.31. The predicted molar refractivity (Wildman–Crippen MR) is 86.2 cm³/mol. The lowest BCUT2D eigenvalue weighted by molar-refractivity contribution is -0.130. The number of hydrogen-bond donors (Lipinski definition) is 1. The lowest BCUT2D eigenvalue weighted by atomic mass is 10.0. The summed E-state index contributed by atoms with van der Waals surface area (Å²) in [5, 5.41) is 9.56. The van der Waals surface area contributed by atoms with Crippen molar-refractivity contribution < 1.29 is 19.4 Å². The number of aryl methyl sites for hydroxylation is 1. The molecule has 0 atom stereocenters. The average molecular weight is 298 g/mol. The molecule has 0 aliphatic rings. The summed E-state index contributed by atoms with van der Waals surface area (Å²) in [5.74, 6) is 0.0422. The van der Waals surface area contributed by atoms with Crippen LogP contribution < -0.4 is 9.47 Å². The van der Waals surface area contributed by atoms with E-state index in [0.29, 0.717) is 17.1 Å². The smallest absolute Gasteiger partial charge is 0.336 e. The van der Waals surface area contributed by atoms with Crippen LogP contribution >= 0.6 is 0 Å². The summed E-state index contributed by atoms with van der Waals surface area (Å²) >= 11 is 0. The van der Waals surface area contributed by atoms with E-state index in [1.54, 1.807) is 24.3 Å². The first-order valence-corrected chi connectivity index (χ1v) is 6.79. The SMILES string of the molecule is COc1ccc(OC)c(/C(=C/c2ccc(C)cc2)C(=O)O)c1. The fourth-order valence-corrected chi connectivity index (χ4v) is 2.11. The maximum absolute atomic E-state index is 11.7. The largest absolute Gasteiger partial charge is 0.497 e. The quantitative estimate of drug-likeness (QED) is 0.676. The molecule has 0 saturated heterocycles. The Morgan fingerprint density at radius 2 is 1.73 bits per heavy atom. The molecule has 2 rings (SSSR count). The molecule has 0 heterocycles. The molecular weight excluding hydrogens is 280 g/mol. The van der Waals surface area contributed by atoms with E-state index < -0.39 is 5.97 Å². The van der Waals surface area contributed by atoms with Crippen LogP contribution in [0.15, 0.2) is 42.5 Å². The lowest BCUT2D eigenvalue weighted by Gasteiger charge is -2.11. The highest BCUT2D eigenvalue weighted by Gasteiger charge is 2.16. The van der Waals surface area contributed by atoms with Gasteiger partial charge in [-0.15, -0.1) is 0 Å². The molecule has 0 aliphatic carbocycles. The fraction of sp³-hybridized carbons (Fsp3) is 0.167. The standard InChI is InChI=1S/C18H18O4/c1-12-4-6-13(7-5-12)10-16(18(19)20)15-11-14(21-2)8-9-17(15)22-3/h4-11H,1-3H3,(H,19,20)/b16-10-. The van der Waals surface area contributed by atoms with Crippen LogP contribution in [0.1, 0.15) is 16.7 Å². The second-order valence-electron chi connectivity index (χ2n) is 4.84. The monoisotopic (exact) mass is 298 g/mol. The van der Waals surface area contributed by atoms with Gasteiger partial charge in [0.05, 0.1) is 19.8 Å². The summed E-state index contributed by atoms with van der Waals surface area (Å²) in [4.78, 5) is 11.7. The second-order valence-corrected chi connectivity index (χ2v) is 4.84. The maximum atomic E-state index is 11.7. The van der Waals surface area contributed by atoms with Crippen molar-refractivity contribution >= 4 is 17.6 Å². The molecule has 0 aromatic heterocycles. The Morgan fingerprint density at radius 1 is 1.05 bits per heavy atom. The Labute approximate surface area is 129 Å². The van der Waals surface area contributed by atoms with Gasteiger partial charge in [-0.1, -0.05) is 29.8 Å². The van der Waals surface area contributed by atoms with Gasteiger partial charge in [-0.3, -0.25) is 0 Å². The van der Waals surface area contributed by atoms with E-state index in [0.717, 1.165) is 11.1 Å². The highest BCUT2D eigenvalue weighted by molar-refractivity contribution is 6.21. The number of rotatable bonds is 5. The van der Waals surface area contributed by atoms with Crippen molar-refractivity contribution in [2.24, 2.45) is 0 Å². The van der Waals surface area contributed by atoms with Gasteiger partial charge in [0.2, 0.25) is 0 Å². The van der Waals surface area contributed by atoms with E-state index in [9.17, 15) is 9.90 Å². The normalized spacial score (nSPS) is 11.1. The first-order chi connectivity index (χ1) is 10.5. The minimum atomic E-state index is -1.02. The molecular formula is C18H18O4. The first kappa shape index (κ1) is 15.6. The van der Waals surface area contributed by atoms with Crippen molar-refractivity contribution in [1.29, 1.82) is 0 Å². The van der Waals surface area contributed by atoms with E-state index in [1.807, 2.05) is 31.2 Å². The van der Waals surface area contributed by atoms with Crippen LogP contribution in [-0.2, 0) is 4.79 Å². The summed E-state index contributed by atoms with van der Waals surface area (Å²) in [6, 6.07) is 12.7. The van der Waals surface area contributed by atoms with E-state index in [2.05, 4.69) is 0 Å². The summed E-state index contributed by atoms with van der Waals surface area (Å²) in [7, 11) is 3.05. The van der Waals surface area contributed by atoms with Crippen LogP contribution in [0.3, 0.4) is 0 Å². The van der Waals surface area contributed by atoms with Crippen LogP contribution in [-0.4, -0.2) is 25.3 Å². The van der Waals surface area contributed by atoms with E-state index >= 15 is 0 Å². The Kier molecular flexibility index (Phi) is 4.84. The number of aliphatic carboxylic acids is 1. The van der Waals surface area contributed by atoms with Crippen molar-refractivity contribution in [2.75, 3.05) is 14.2 Å². The van der Waals surface area contributed by atoms with Crippen LogP contribution in [0.25, 0.3) is 11.6 Å². The van der Waals surface area contributed by atoms with E-state index in [4.69, 9.17) is 9.47 Å². The minimum Gasteiger partial charge on any atom is -0.497 e. The van der Waals surface area contributed by atoms with Gasteiger partial charge in [-0.2, -0.15) is 0 Å². The van der Waals surface area contributed by atoms with Gasteiger partial charge >= 0.3 is 5.97 Å². The molecule has 0 amide bonds. The van der Waals surface area contributed by atoms with Gasteiger partial charge in [0, 0.05) is 5.56 Å². The molecule has 0 fully saturated rings. The predicted octanol–water partition coefficient (Wildman–Crippen LogP) is 3.64. The molecule has 0 saturated carbocycles. The molecule has 2 aromatic carbocycles. The molecule has 0 radical (unpaired) electrons. The zero-order valence-electron chi connectivity index (χ0n) is 12.8. The molecule has 0 spiro atoms. The number of benzene rings is 2. The average Bonchev–Trinajstić information content (AvgIpc) is 2.53. The number of hydrogen-bond acceptors (Lipinski definition) is 3. The molecule has 0 aliphatic heterocycles. The van der Waals surface area contributed by atoms with Crippen LogP contribution in [0.4, 0.5) is 0 Å². The summed E-state index contributed by atoms with van der Waals surface area (Å²) in [5.41, 5.74) is 2.57. The highest BCUT2D eigenvalue weighted by atomic mass is 16.5. The second kappa shape index (κ2) is 6.80. The Bertz CT molecular complexity index is 700. The van der Waals surface area contributed by atoms with Gasteiger partial charge in [0.1, 0.15) is 11.5 Å². The third-order valence-corrected chi connectivity index (χ3v) is 3.32. The van der Waals surface area contributed by atoms with Crippen molar-refractivity contribution in [3.05, 3.63) is 59.2 Å². The van der Waals surface area contributed by atoms with Gasteiger partial charge in [0.25, 0.3) is 0 Å². The number of carboxylic acids is 1. The van der Waals surface area contributed by atoms with Gasteiger partial charge in [-0.05, 0) is 36.8 Å². The first-order valence-electron chi connectivity index (χ1n) is 6.79. The summed E-state index contributed by atoms with van der Waals surface area (Å²) in [6.07, 6.45) is 1.62. The molecule has 22 heavy (non-hydrogen) atoms. The van der Waals surface area contributed by atoms with Gasteiger partial charge < -0.3 is 14.6 Å². The van der Waals surface area contributed by atoms with Crippen LogP contribution in [0, 0.1) is 6.92 Å². The maximum Gasteiger partial charge on any atom is 0.336 e. The zero-order valence-corrected chi connectivity index (χ0v) is 12.8. The van der Waals surface area contributed by atoms with E-state index in [-0.39, 0.29) is 5.57 Å². The van der Waals surface area contributed by atoms with Crippen molar-refractivity contribution in [3.63, 3.8) is 0 Å². The van der Waals surface area contributed by atoms with Gasteiger partial charge in [0.15, 0.2) is 0 Å². The number of methoxy groups -OCH3 is 2. The summed E-state index contributed by atoms with van der Waals surface area (Å²) < 4.78 is 10.4. The van der Waals surface area contributed by atoms with Crippen molar-refractivity contribution in [1.82, 2.24) is 0 Å². The van der Waals surface area contributed by atoms with E-state index in [1.165, 1.54) is 14.2 Å². The molecule has 114 valence electrons. The molecule has 1 N–H and O–H groups in total. The zero-order chi connectivity index (χ0) is 16.1. The van der Waals surface area contributed by atoms with Crippen LogP contribution in [0.2, 0.25) is 0 Å². The lowest BCUT2D eigenvalue weighted by Crippen LogP contribution is -2.02. The minimum absolute atomic E-state index is 0.152. The van der Waals surface area contributed by atoms with Crippen molar-refractivity contribution in [2.45, 2.75) is 6.92 Å². The third kappa shape index (κ3) is 3.47. The number of ether oxygens (including phenoxy) is 2. The molecule has 2 aromatic rings. The van der Waals surface area contributed by atoms with Crippen LogP contribution in [0.5, 0.6) is 11.5 Å². The molecule has 4 heteroatoms. The molecule has 0 unspecified atom stereocenters. The van der Waals surface area contributed by atoms with Crippen molar-refractivity contribution in [3.8, 4) is 11.5 Å². The molecule has 0 bridgehead atoms. The fourth-order valence-electron chi connectivity index (χ4n) is 2.11. The Hall–Kier alpha value is -2.75. The number of carboxylic acid groups (broad SMARTS) is 1.